The van der Waals surface area contributed by atoms with Gasteiger partial charge >= 0.3 is 5.69 Å². The number of halogens is 1. The molecule has 1 aliphatic heterocycles. The van der Waals surface area contributed by atoms with Crippen LogP contribution in [-0.4, -0.2) is 43.4 Å². The summed E-state index contributed by atoms with van der Waals surface area (Å²) in [6.45, 7) is 3.46. The monoisotopic (exact) mass is 434 g/mol. The smallest absolute Gasteiger partial charge is 0.336 e. The summed E-state index contributed by atoms with van der Waals surface area (Å²) in [4.78, 5) is 31.8. The third-order valence-electron chi connectivity index (χ3n) is 5.55. The molecule has 2 aromatic heterocycles. The maximum Gasteiger partial charge on any atom is 0.336 e. The minimum Gasteiger partial charge on any atom is -0.340 e. The number of likely N-dealkylation sites (N-methyl/N-ethyl adjacent to an activating group) is 1. The van der Waals surface area contributed by atoms with E-state index in [1.54, 1.807) is 40.2 Å². The number of rotatable bonds is 5. The first kappa shape index (κ1) is 20.3. The zero-order valence-corrected chi connectivity index (χ0v) is 18.6. The van der Waals surface area contributed by atoms with E-state index in [-0.39, 0.29) is 11.2 Å². The van der Waals surface area contributed by atoms with Crippen molar-refractivity contribution >= 4 is 33.2 Å². The molecule has 8 heteroatoms. The zero-order valence-electron chi connectivity index (χ0n) is 17.0. The Bertz CT molecular complexity index is 1180. The summed E-state index contributed by atoms with van der Waals surface area (Å²) < 4.78 is 3.10. The highest BCUT2D eigenvalue weighted by Gasteiger charge is 2.27. The number of fused-ring (bicyclic) bond motifs is 3. The lowest BCUT2D eigenvalue weighted by Gasteiger charge is -2.19. The van der Waals surface area contributed by atoms with Gasteiger partial charge in [-0.25, -0.2) is 9.36 Å². The Morgan fingerprint density at radius 1 is 1.28 bits per heavy atom. The van der Waals surface area contributed by atoms with Gasteiger partial charge in [0.05, 0.1) is 50.2 Å². The van der Waals surface area contributed by atoms with Crippen LogP contribution in [0, 0.1) is 0 Å². The summed E-state index contributed by atoms with van der Waals surface area (Å²) >= 11 is 7.78. The number of thiophene rings is 1. The fourth-order valence-electron chi connectivity index (χ4n) is 4.05. The van der Waals surface area contributed by atoms with E-state index in [1.165, 1.54) is 19.2 Å². The lowest BCUT2D eigenvalue weighted by atomic mass is 10.1. The molecule has 0 saturated heterocycles. The normalized spacial score (nSPS) is 16.5. The van der Waals surface area contributed by atoms with Crippen molar-refractivity contribution in [3.05, 3.63) is 60.6 Å². The Kier molecular flexibility index (Phi) is 5.66. The molecule has 0 radical (unpaired) electrons. The molecular weight excluding hydrogens is 408 g/mol. The number of hydrogen-bond donors (Lipinski definition) is 2. The topological polar surface area (TPSA) is 52.9 Å². The third-order valence-corrected chi connectivity index (χ3v) is 7.04. The van der Waals surface area contributed by atoms with Crippen molar-refractivity contribution in [2.45, 2.75) is 25.9 Å². The second-order valence-corrected chi connectivity index (χ2v) is 9.70. The highest BCUT2D eigenvalue weighted by atomic mass is 35.5. The summed E-state index contributed by atoms with van der Waals surface area (Å²) in [7, 11) is 6.38. The van der Waals surface area contributed by atoms with Crippen LogP contribution in [0.3, 0.4) is 0 Å². The van der Waals surface area contributed by atoms with E-state index >= 15 is 0 Å². The minimum atomic E-state index is -0.280. The van der Waals surface area contributed by atoms with Crippen molar-refractivity contribution in [2.24, 2.45) is 0 Å². The highest BCUT2D eigenvalue weighted by Crippen LogP contribution is 2.30. The number of nitrogens with zero attached hydrogens (tertiary/aromatic N) is 2. The van der Waals surface area contributed by atoms with Crippen LogP contribution in [0.4, 0.5) is 0 Å². The van der Waals surface area contributed by atoms with Crippen molar-refractivity contribution in [2.75, 3.05) is 34.2 Å². The number of aryl methyl sites for hydroxylation is 1. The summed E-state index contributed by atoms with van der Waals surface area (Å²) in [5.41, 5.74) is 1.15. The Labute approximate surface area is 178 Å². The molecule has 3 aromatic rings. The van der Waals surface area contributed by atoms with Crippen LogP contribution in [0.5, 0.6) is 0 Å². The standard InChI is InChI=1S/C21H25ClN4O2S/c1-23(2)9-5-10-25-20-18(16-8-11-24(3)13-17(16)29-20)19(27)26(21(25)28)15-7-4-6-14(22)12-15/h4,6-7,12H,5,8-11,13H2,1-3H3/p+2. The molecule has 0 fully saturated rings. The first-order valence-electron chi connectivity index (χ1n) is 10.0. The molecule has 1 aromatic carbocycles. The molecule has 0 aliphatic carbocycles. The average Bonchev–Trinajstić information content (AvgIpc) is 3.03. The molecular formula is C21H27ClN4O2S+2. The molecule has 0 bridgehead atoms. The van der Waals surface area contributed by atoms with Gasteiger partial charge < -0.3 is 9.80 Å². The minimum absolute atomic E-state index is 0.223. The molecule has 1 atom stereocenters. The fourth-order valence-corrected chi connectivity index (χ4v) is 5.71. The third kappa shape index (κ3) is 3.80. The molecule has 1 unspecified atom stereocenters. The van der Waals surface area contributed by atoms with Gasteiger partial charge in [0.15, 0.2) is 0 Å². The van der Waals surface area contributed by atoms with E-state index in [2.05, 4.69) is 21.1 Å². The highest BCUT2D eigenvalue weighted by molar-refractivity contribution is 7.18. The Balaban J connectivity index is 1.98. The van der Waals surface area contributed by atoms with Crippen LogP contribution in [0.2, 0.25) is 5.02 Å². The lowest BCUT2D eigenvalue weighted by Crippen LogP contribution is -3.08. The van der Waals surface area contributed by atoms with Gasteiger partial charge in [-0.15, -0.1) is 11.3 Å². The quantitative estimate of drug-likeness (QED) is 0.592. The Hall–Kier alpha value is -1.93. The van der Waals surface area contributed by atoms with Crippen LogP contribution in [-0.2, 0) is 19.5 Å². The number of benzene rings is 1. The predicted octanol–water partition coefficient (Wildman–Crippen LogP) is -0.0273. The predicted molar refractivity (Wildman–Crippen MR) is 118 cm³/mol. The summed E-state index contributed by atoms with van der Waals surface area (Å²) in [6, 6.07) is 6.97. The molecule has 4 rings (SSSR count). The van der Waals surface area contributed by atoms with Crippen LogP contribution in [0.15, 0.2) is 33.9 Å². The van der Waals surface area contributed by atoms with Gasteiger partial charge in [-0.2, -0.15) is 0 Å². The van der Waals surface area contributed by atoms with Gasteiger partial charge in [0.1, 0.15) is 11.4 Å². The second kappa shape index (κ2) is 8.07. The van der Waals surface area contributed by atoms with Crippen molar-refractivity contribution in [1.82, 2.24) is 9.13 Å². The maximum atomic E-state index is 13.5. The second-order valence-electron chi connectivity index (χ2n) is 8.18. The van der Waals surface area contributed by atoms with E-state index in [4.69, 9.17) is 11.6 Å². The van der Waals surface area contributed by atoms with E-state index < -0.39 is 0 Å². The van der Waals surface area contributed by atoms with Crippen molar-refractivity contribution in [3.8, 4) is 5.69 Å². The number of nitrogens with one attached hydrogen (secondary N) is 2. The van der Waals surface area contributed by atoms with Gasteiger partial charge in [-0.05, 0) is 23.8 Å². The molecule has 29 heavy (non-hydrogen) atoms. The lowest BCUT2D eigenvalue weighted by molar-refractivity contribution is -0.895. The molecule has 3 heterocycles. The first-order valence-corrected chi connectivity index (χ1v) is 11.2. The van der Waals surface area contributed by atoms with Crippen molar-refractivity contribution < 1.29 is 9.80 Å². The number of aromatic nitrogens is 2. The van der Waals surface area contributed by atoms with E-state index in [0.29, 0.717) is 22.6 Å². The van der Waals surface area contributed by atoms with Crippen LogP contribution >= 0.6 is 22.9 Å². The molecule has 1 aliphatic rings. The average molecular weight is 435 g/mol. The van der Waals surface area contributed by atoms with Crippen LogP contribution in [0.1, 0.15) is 16.9 Å². The summed E-state index contributed by atoms with van der Waals surface area (Å²) in [5, 5.41) is 1.23. The zero-order chi connectivity index (χ0) is 20.7. The van der Waals surface area contributed by atoms with Crippen molar-refractivity contribution in [3.63, 3.8) is 0 Å². The molecule has 0 spiro atoms. The summed E-state index contributed by atoms with van der Waals surface area (Å²) in [5.74, 6) is 0. The van der Waals surface area contributed by atoms with Crippen LogP contribution in [0.25, 0.3) is 15.9 Å². The van der Waals surface area contributed by atoms with Gasteiger partial charge in [0.25, 0.3) is 5.56 Å². The van der Waals surface area contributed by atoms with Crippen molar-refractivity contribution in [1.29, 1.82) is 0 Å². The van der Waals surface area contributed by atoms with E-state index in [0.717, 1.165) is 42.9 Å². The Morgan fingerprint density at radius 3 is 2.79 bits per heavy atom. The SMILES string of the molecule is C[NH+](C)CCCn1c(=O)n(-c2cccc(Cl)c2)c(=O)c2c3c(sc21)C[NH+](C)CC3. The molecule has 6 nitrogen and oxygen atoms in total. The first-order chi connectivity index (χ1) is 13.9. The molecule has 154 valence electrons. The molecule has 2 N–H and O–H groups in total. The van der Waals surface area contributed by atoms with Gasteiger partial charge in [0, 0.05) is 24.4 Å². The molecule has 0 amide bonds. The van der Waals surface area contributed by atoms with Gasteiger partial charge in [-0.3, -0.25) is 9.36 Å². The number of hydrogen-bond acceptors (Lipinski definition) is 3. The van der Waals surface area contributed by atoms with Gasteiger partial charge in [-0.1, -0.05) is 17.7 Å². The largest absolute Gasteiger partial charge is 0.340 e. The number of quaternary nitrogens is 2. The summed E-state index contributed by atoms with van der Waals surface area (Å²) in [6.07, 6.45) is 1.74. The van der Waals surface area contributed by atoms with E-state index in [9.17, 15) is 9.59 Å². The Morgan fingerprint density at radius 2 is 2.07 bits per heavy atom. The van der Waals surface area contributed by atoms with Crippen LogP contribution < -0.4 is 21.0 Å². The fraction of sp³-hybridized carbons (Fsp3) is 0.429. The van der Waals surface area contributed by atoms with Gasteiger partial charge in [0.2, 0.25) is 0 Å². The molecule has 0 saturated carbocycles. The van der Waals surface area contributed by atoms with E-state index in [1.807, 2.05) is 0 Å². The maximum absolute atomic E-state index is 13.5.